The second-order valence-corrected chi connectivity index (χ2v) is 7.37. The van der Waals surface area contributed by atoms with Gasteiger partial charge < -0.3 is 9.30 Å². The quantitative estimate of drug-likeness (QED) is 0.324. The first-order chi connectivity index (χ1) is 14.9. The zero-order chi connectivity index (χ0) is 22.0. The summed E-state index contributed by atoms with van der Waals surface area (Å²) in [5.74, 6) is -0.695. The van der Waals surface area contributed by atoms with Crippen LogP contribution in [0.3, 0.4) is 0 Å². The highest BCUT2D eigenvalue weighted by Gasteiger charge is 2.33. The fourth-order valence-electron chi connectivity index (χ4n) is 3.50. The average molecular weight is 425 g/mol. The van der Waals surface area contributed by atoms with Crippen LogP contribution in [0.1, 0.15) is 36.0 Å². The monoisotopic (exact) mass is 425 g/mol. The molecule has 0 atom stereocenters. The van der Waals surface area contributed by atoms with Gasteiger partial charge in [0.2, 0.25) is 0 Å². The van der Waals surface area contributed by atoms with Crippen LogP contribution in [0, 0.1) is 11.3 Å². The molecular weight excluding hydrogens is 407 g/mol. The molecule has 0 aliphatic heterocycles. The number of alkyl halides is 3. The summed E-state index contributed by atoms with van der Waals surface area (Å²) in [5.41, 5.74) is 0.181. The molecule has 1 aliphatic rings. The Morgan fingerprint density at radius 1 is 1.26 bits per heavy atom. The number of hydrogen-bond donors (Lipinski definition) is 0. The normalized spacial score (nSPS) is 14.8. The molecule has 2 aromatic heterocycles. The van der Waals surface area contributed by atoms with E-state index in [1.54, 1.807) is 29.0 Å². The molecule has 3 aromatic rings. The molecule has 1 aromatic carbocycles. The molecule has 0 radical (unpaired) electrons. The molecular formula is C23H18F3N3O2. The van der Waals surface area contributed by atoms with Crippen molar-refractivity contribution in [2.24, 2.45) is 0 Å². The van der Waals surface area contributed by atoms with Crippen molar-refractivity contribution >= 4 is 23.1 Å². The number of aromatic nitrogens is 2. The topological polar surface area (TPSA) is 67.9 Å². The van der Waals surface area contributed by atoms with Crippen molar-refractivity contribution < 1.29 is 22.7 Å². The van der Waals surface area contributed by atoms with E-state index in [2.05, 4.69) is 4.98 Å². The van der Waals surface area contributed by atoms with Gasteiger partial charge in [0.05, 0.1) is 5.56 Å². The number of halogens is 3. The first kappa shape index (κ1) is 20.7. The maximum atomic E-state index is 13.4. The van der Waals surface area contributed by atoms with Gasteiger partial charge >= 0.3 is 12.1 Å². The minimum Gasteiger partial charge on any atom is -0.458 e. The number of nitrogens with zero attached hydrogens (tertiary/aromatic N) is 3. The van der Waals surface area contributed by atoms with E-state index in [1.807, 2.05) is 6.07 Å². The largest absolute Gasteiger partial charge is 0.458 e. The minimum atomic E-state index is -4.48. The fourth-order valence-corrected chi connectivity index (χ4v) is 3.50. The summed E-state index contributed by atoms with van der Waals surface area (Å²) in [7, 11) is 0. The highest BCUT2D eigenvalue weighted by atomic mass is 19.4. The standard InChI is InChI=1S/C23H18F3N3O2/c24-23(25,26)20-9-2-1-5-15(20)13-29-14-17(19-8-4-10-28-21(19)29)11-16(12-27)22(30)31-18-6-3-7-18/h1-2,4-5,8-11,14,18H,3,6-7,13H2/b16-11+. The van der Waals surface area contributed by atoms with Crippen molar-refractivity contribution in [3.63, 3.8) is 0 Å². The van der Waals surface area contributed by atoms with Crippen LogP contribution >= 0.6 is 0 Å². The van der Waals surface area contributed by atoms with E-state index in [9.17, 15) is 23.2 Å². The van der Waals surface area contributed by atoms with Crippen molar-refractivity contribution in [2.45, 2.75) is 38.1 Å². The summed E-state index contributed by atoms with van der Waals surface area (Å²) in [6.07, 6.45) is 2.45. The third kappa shape index (κ3) is 4.31. The average Bonchev–Trinajstić information content (AvgIpc) is 3.06. The Labute approximate surface area is 176 Å². The lowest BCUT2D eigenvalue weighted by Crippen LogP contribution is -2.25. The van der Waals surface area contributed by atoms with E-state index >= 15 is 0 Å². The van der Waals surface area contributed by atoms with E-state index in [0.717, 1.165) is 25.3 Å². The van der Waals surface area contributed by atoms with Gasteiger partial charge in [-0.25, -0.2) is 9.78 Å². The number of hydrogen-bond acceptors (Lipinski definition) is 4. The molecule has 0 spiro atoms. The Morgan fingerprint density at radius 2 is 2.03 bits per heavy atom. The lowest BCUT2D eigenvalue weighted by Gasteiger charge is -2.24. The maximum Gasteiger partial charge on any atom is 0.416 e. The number of rotatable bonds is 5. The first-order valence-corrected chi connectivity index (χ1v) is 9.78. The molecule has 0 saturated heterocycles. The number of benzene rings is 1. The van der Waals surface area contributed by atoms with Crippen LogP contribution in [0.2, 0.25) is 0 Å². The Bertz CT molecular complexity index is 1200. The highest BCUT2D eigenvalue weighted by molar-refractivity contribution is 6.00. The smallest absolute Gasteiger partial charge is 0.416 e. The molecule has 158 valence electrons. The third-order valence-corrected chi connectivity index (χ3v) is 5.29. The predicted molar refractivity (Wildman–Crippen MR) is 108 cm³/mol. The number of esters is 1. The Hall–Kier alpha value is -3.60. The zero-order valence-electron chi connectivity index (χ0n) is 16.4. The Kier molecular flexibility index (Phi) is 5.51. The highest BCUT2D eigenvalue weighted by Crippen LogP contribution is 2.33. The predicted octanol–water partition coefficient (Wildman–Crippen LogP) is 5.11. The molecule has 0 N–H and O–H groups in total. The summed E-state index contributed by atoms with van der Waals surface area (Å²) in [5, 5.41) is 10.1. The third-order valence-electron chi connectivity index (χ3n) is 5.29. The van der Waals surface area contributed by atoms with Gasteiger partial charge in [0, 0.05) is 29.9 Å². The van der Waals surface area contributed by atoms with Gasteiger partial charge in [0.1, 0.15) is 23.4 Å². The molecule has 2 heterocycles. The van der Waals surface area contributed by atoms with Gasteiger partial charge in [-0.2, -0.15) is 18.4 Å². The fraction of sp³-hybridized carbons (Fsp3) is 0.261. The molecule has 1 fully saturated rings. The summed E-state index contributed by atoms with van der Waals surface area (Å²) in [6.45, 7) is -0.0640. The lowest BCUT2D eigenvalue weighted by molar-refractivity contribution is -0.147. The Morgan fingerprint density at radius 3 is 2.71 bits per heavy atom. The summed E-state index contributed by atoms with van der Waals surface area (Å²) < 4.78 is 47.1. The number of ether oxygens (including phenoxy) is 1. The minimum absolute atomic E-state index is 0.0640. The van der Waals surface area contributed by atoms with Crippen molar-refractivity contribution in [2.75, 3.05) is 0 Å². The van der Waals surface area contributed by atoms with Crippen molar-refractivity contribution in [3.8, 4) is 6.07 Å². The van der Waals surface area contributed by atoms with Crippen LogP contribution in [0.5, 0.6) is 0 Å². The number of carbonyl (C=O) groups is 1. The second kappa shape index (κ2) is 8.26. The van der Waals surface area contributed by atoms with Crippen LogP contribution in [-0.2, 0) is 22.3 Å². The summed E-state index contributed by atoms with van der Waals surface area (Å²) in [4.78, 5) is 16.6. The number of fused-ring (bicyclic) bond motifs is 1. The summed E-state index contributed by atoms with van der Waals surface area (Å²) >= 11 is 0. The number of pyridine rings is 1. The van der Waals surface area contributed by atoms with E-state index < -0.39 is 17.7 Å². The molecule has 5 nitrogen and oxygen atoms in total. The van der Waals surface area contributed by atoms with Gasteiger partial charge in [0.15, 0.2) is 0 Å². The van der Waals surface area contributed by atoms with Gasteiger partial charge in [0.25, 0.3) is 0 Å². The molecule has 1 saturated carbocycles. The van der Waals surface area contributed by atoms with Crippen molar-refractivity contribution in [3.05, 3.63) is 71.1 Å². The van der Waals surface area contributed by atoms with Crippen LogP contribution < -0.4 is 0 Å². The molecule has 0 amide bonds. The van der Waals surface area contributed by atoms with Crippen LogP contribution in [0.4, 0.5) is 13.2 Å². The van der Waals surface area contributed by atoms with Crippen molar-refractivity contribution in [1.82, 2.24) is 9.55 Å². The molecule has 4 rings (SSSR count). The summed E-state index contributed by atoms with van der Waals surface area (Å²) in [6, 6.07) is 10.7. The van der Waals surface area contributed by atoms with E-state index in [-0.39, 0.29) is 23.8 Å². The van der Waals surface area contributed by atoms with E-state index in [1.165, 1.54) is 24.4 Å². The number of carbonyl (C=O) groups excluding carboxylic acids is 1. The van der Waals surface area contributed by atoms with E-state index in [4.69, 9.17) is 4.74 Å². The molecule has 0 unspecified atom stereocenters. The number of nitriles is 1. The van der Waals surface area contributed by atoms with Gasteiger partial charge in [-0.1, -0.05) is 18.2 Å². The zero-order valence-corrected chi connectivity index (χ0v) is 16.4. The van der Waals surface area contributed by atoms with Crippen molar-refractivity contribution in [1.29, 1.82) is 5.26 Å². The molecule has 0 bridgehead atoms. The maximum absolute atomic E-state index is 13.4. The first-order valence-electron chi connectivity index (χ1n) is 9.78. The lowest BCUT2D eigenvalue weighted by atomic mass is 9.96. The molecule has 8 heteroatoms. The Balaban J connectivity index is 1.72. The van der Waals surface area contributed by atoms with Crippen LogP contribution in [-0.4, -0.2) is 21.6 Å². The van der Waals surface area contributed by atoms with E-state index in [0.29, 0.717) is 16.6 Å². The van der Waals surface area contributed by atoms with Gasteiger partial charge in [-0.3, -0.25) is 0 Å². The van der Waals surface area contributed by atoms with Gasteiger partial charge in [-0.15, -0.1) is 0 Å². The molecule has 1 aliphatic carbocycles. The second-order valence-electron chi connectivity index (χ2n) is 7.37. The van der Waals surface area contributed by atoms with Crippen LogP contribution in [0.25, 0.3) is 17.1 Å². The SMILES string of the molecule is N#C/C(=C\c1cn(Cc2ccccc2C(F)(F)F)c2ncccc12)C(=O)OC1CCC1. The molecule has 31 heavy (non-hydrogen) atoms. The van der Waals surface area contributed by atoms with Crippen LogP contribution in [0.15, 0.2) is 54.4 Å². The van der Waals surface area contributed by atoms with Gasteiger partial charge in [-0.05, 0) is 49.1 Å².